The van der Waals surface area contributed by atoms with Crippen LogP contribution in [0.25, 0.3) is 5.57 Å². The van der Waals surface area contributed by atoms with Gasteiger partial charge in [0.05, 0.1) is 11.9 Å². The van der Waals surface area contributed by atoms with Crippen molar-refractivity contribution in [1.29, 1.82) is 0 Å². The van der Waals surface area contributed by atoms with Crippen LogP contribution in [0.3, 0.4) is 0 Å². The standard InChI is InChI=1S/C32H30ClF3N8O3S2/c33-24-11-21(34)6-7-23(24)28-27(18-13-39-44(14-18)31(35)36)25-12-22(17-43(25)29(40-28)30-38-9-10-48-30)41-49(46,47)42-15-19-4-5-20(16-42)32(19,45)26-3-1-2-8-37-26/h1-3,6-11,13-14,19-20,22,28,31,41,45H,4-5,12,15-17H2/t19?,20?,22?,28-,32?/m0/s1. The van der Waals surface area contributed by atoms with E-state index in [1.165, 1.54) is 46.2 Å². The quantitative estimate of drug-likeness (QED) is 0.262. The van der Waals surface area contributed by atoms with Gasteiger partial charge in [0.25, 0.3) is 10.2 Å². The summed E-state index contributed by atoms with van der Waals surface area (Å²) in [7, 11) is -4.03. The molecule has 3 aromatic heterocycles. The van der Waals surface area contributed by atoms with Gasteiger partial charge in [0, 0.05) is 89.8 Å². The molecule has 4 atom stereocenters. The smallest absolute Gasteiger partial charge is 0.333 e. The first-order chi connectivity index (χ1) is 23.5. The lowest BCUT2D eigenvalue weighted by atomic mass is 9.78. The number of pyridine rings is 1. The van der Waals surface area contributed by atoms with Crippen molar-refractivity contribution >= 4 is 44.6 Å². The number of nitrogens with one attached hydrogen (secondary N) is 1. The Morgan fingerprint density at radius 1 is 1.08 bits per heavy atom. The Balaban J connectivity index is 1.15. The van der Waals surface area contributed by atoms with E-state index >= 15 is 0 Å². The van der Waals surface area contributed by atoms with Crippen LogP contribution in [0.4, 0.5) is 13.2 Å². The Bertz CT molecular complexity index is 2050. The molecule has 8 rings (SSSR count). The van der Waals surface area contributed by atoms with Gasteiger partial charge in [-0.3, -0.25) is 9.98 Å². The molecule has 256 valence electrons. The van der Waals surface area contributed by atoms with E-state index in [4.69, 9.17) is 16.6 Å². The van der Waals surface area contributed by atoms with Gasteiger partial charge >= 0.3 is 6.55 Å². The third kappa shape index (κ3) is 5.58. The van der Waals surface area contributed by atoms with Crippen molar-refractivity contribution in [2.45, 2.75) is 43.5 Å². The van der Waals surface area contributed by atoms with Crippen LogP contribution in [-0.2, 0) is 15.8 Å². The first-order valence-corrected chi connectivity index (χ1v) is 18.4. The molecule has 3 fully saturated rings. The monoisotopic (exact) mass is 730 g/mol. The average molecular weight is 731 g/mol. The average Bonchev–Trinajstić information content (AvgIpc) is 3.87. The maximum absolute atomic E-state index is 14.2. The Morgan fingerprint density at radius 2 is 1.88 bits per heavy atom. The van der Waals surface area contributed by atoms with Crippen LogP contribution in [0.5, 0.6) is 0 Å². The van der Waals surface area contributed by atoms with Crippen LogP contribution in [0.2, 0.25) is 5.02 Å². The molecule has 2 bridgehead atoms. The van der Waals surface area contributed by atoms with Gasteiger partial charge in [-0.25, -0.2) is 14.1 Å². The molecule has 2 saturated heterocycles. The van der Waals surface area contributed by atoms with Gasteiger partial charge in [0.1, 0.15) is 17.5 Å². The largest absolute Gasteiger partial charge is 0.383 e. The minimum Gasteiger partial charge on any atom is -0.383 e. The summed E-state index contributed by atoms with van der Waals surface area (Å²) < 4.78 is 74.4. The second kappa shape index (κ2) is 12.3. The van der Waals surface area contributed by atoms with Gasteiger partial charge in [-0.05, 0) is 42.7 Å². The highest BCUT2D eigenvalue weighted by Crippen LogP contribution is 2.51. The van der Waals surface area contributed by atoms with Crippen molar-refractivity contribution in [3.63, 3.8) is 0 Å². The van der Waals surface area contributed by atoms with E-state index in [0.29, 0.717) is 56.5 Å². The van der Waals surface area contributed by atoms with Crippen molar-refractivity contribution in [3.8, 4) is 0 Å². The van der Waals surface area contributed by atoms with Crippen LogP contribution in [-0.4, -0.2) is 74.0 Å². The van der Waals surface area contributed by atoms with Crippen molar-refractivity contribution in [1.82, 2.24) is 33.7 Å². The molecule has 49 heavy (non-hydrogen) atoms. The topological polar surface area (TPSA) is 129 Å². The third-order valence-corrected chi connectivity index (χ3v) is 12.6. The van der Waals surface area contributed by atoms with E-state index in [-0.39, 0.29) is 42.9 Å². The SMILES string of the molecule is O=S(=O)(NC1CC2=C(c3cnn(C(F)F)c3)[C@H](c3ccc(F)cc3Cl)N=C(c3nccs3)N2C1)N1CC2CCC(C1)C2(O)c1ccccn1. The summed E-state index contributed by atoms with van der Waals surface area (Å²) in [4.78, 5) is 15.7. The van der Waals surface area contributed by atoms with Crippen molar-refractivity contribution < 1.29 is 26.7 Å². The van der Waals surface area contributed by atoms with Crippen LogP contribution in [0.15, 0.2) is 77.3 Å². The highest BCUT2D eigenvalue weighted by atomic mass is 35.5. The maximum Gasteiger partial charge on any atom is 0.333 e. The van der Waals surface area contributed by atoms with Gasteiger partial charge < -0.3 is 10.0 Å². The van der Waals surface area contributed by atoms with E-state index in [0.717, 1.165) is 0 Å². The molecule has 1 aromatic carbocycles. The number of fused-ring (bicyclic) bond motifs is 3. The van der Waals surface area contributed by atoms with E-state index < -0.39 is 40.3 Å². The molecular weight excluding hydrogens is 701 g/mol. The van der Waals surface area contributed by atoms with Gasteiger partial charge in [-0.2, -0.15) is 31.3 Å². The lowest BCUT2D eigenvalue weighted by molar-refractivity contribution is -0.0777. The molecule has 4 aromatic rings. The second-order valence-corrected chi connectivity index (χ2v) is 15.7. The van der Waals surface area contributed by atoms with Gasteiger partial charge in [0.15, 0.2) is 10.8 Å². The summed E-state index contributed by atoms with van der Waals surface area (Å²) in [5.74, 6) is -0.732. The molecular formula is C32H30ClF3N8O3S2. The molecule has 0 radical (unpaired) electrons. The molecule has 17 heteroatoms. The fourth-order valence-electron chi connectivity index (χ4n) is 7.77. The van der Waals surface area contributed by atoms with Gasteiger partial charge in [0.2, 0.25) is 0 Å². The zero-order valence-electron chi connectivity index (χ0n) is 25.7. The van der Waals surface area contributed by atoms with Gasteiger partial charge in [-0.1, -0.05) is 23.7 Å². The number of alkyl halides is 2. The zero-order chi connectivity index (χ0) is 34.1. The Morgan fingerprint density at radius 3 is 2.53 bits per heavy atom. The summed E-state index contributed by atoms with van der Waals surface area (Å²) in [6, 6.07) is 7.81. The van der Waals surface area contributed by atoms with Crippen molar-refractivity contribution in [2.24, 2.45) is 16.8 Å². The molecule has 3 aliphatic heterocycles. The minimum absolute atomic E-state index is 0.0979. The highest BCUT2D eigenvalue weighted by molar-refractivity contribution is 7.87. The van der Waals surface area contributed by atoms with Crippen LogP contribution in [0, 0.1) is 17.7 Å². The molecule has 1 saturated carbocycles. The number of hydrogen-bond donors (Lipinski definition) is 2. The fraction of sp³-hybridized carbons (Fsp3) is 0.375. The van der Waals surface area contributed by atoms with Crippen LogP contribution >= 0.6 is 22.9 Å². The zero-order valence-corrected chi connectivity index (χ0v) is 28.1. The van der Waals surface area contributed by atoms with E-state index in [2.05, 4.69) is 19.8 Å². The highest BCUT2D eigenvalue weighted by Gasteiger charge is 2.57. The predicted octanol–water partition coefficient (Wildman–Crippen LogP) is 4.97. The molecule has 0 amide bonds. The first-order valence-electron chi connectivity index (χ1n) is 15.7. The molecule has 1 aliphatic carbocycles. The van der Waals surface area contributed by atoms with Gasteiger partial charge in [-0.15, -0.1) is 11.3 Å². The summed E-state index contributed by atoms with van der Waals surface area (Å²) in [5, 5.41) is 18.1. The molecule has 2 N–H and O–H groups in total. The van der Waals surface area contributed by atoms with Crippen molar-refractivity contribution in [2.75, 3.05) is 19.6 Å². The molecule has 3 unspecified atom stereocenters. The number of nitrogens with zero attached hydrogens (tertiary/aromatic N) is 7. The maximum atomic E-state index is 14.2. The molecule has 11 nitrogen and oxygen atoms in total. The number of halogens is 4. The Hall–Kier alpha value is -3.67. The number of hydrogen-bond acceptors (Lipinski definition) is 9. The summed E-state index contributed by atoms with van der Waals surface area (Å²) in [5.41, 5.74) is 1.27. The molecule has 0 spiro atoms. The van der Waals surface area contributed by atoms with Crippen LogP contribution < -0.4 is 4.72 Å². The summed E-state index contributed by atoms with van der Waals surface area (Å²) >= 11 is 7.90. The van der Waals surface area contributed by atoms with E-state index in [1.807, 2.05) is 11.0 Å². The predicted molar refractivity (Wildman–Crippen MR) is 176 cm³/mol. The Kier molecular flexibility index (Phi) is 8.15. The normalized spacial score (nSPS) is 27.2. The first kappa shape index (κ1) is 32.5. The van der Waals surface area contributed by atoms with E-state index in [1.54, 1.807) is 29.9 Å². The number of aromatic nitrogens is 4. The number of amidine groups is 1. The molecule has 6 heterocycles. The fourth-order valence-corrected chi connectivity index (χ4v) is 10.2. The summed E-state index contributed by atoms with van der Waals surface area (Å²) in [6.07, 6.45) is 7.31. The number of aliphatic imine (C=N–C) groups is 1. The van der Waals surface area contributed by atoms with Crippen LogP contribution in [0.1, 0.15) is 53.7 Å². The third-order valence-electron chi connectivity index (χ3n) is 9.94. The molecule has 4 aliphatic rings. The minimum atomic E-state index is -4.03. The number of thiazole rings is 1. The van der Waals surface area contributed by atoms with Crippen molar-refractivity contribution in [3.05, 3.63) is 105 Å². The Labute approximate surface area is 289 Å². The lowest BCUT2D eigenvalue weighted by Crippen LogP contribution is -2.57. The number of aliphatic hydroxyl groups is 1. The second-order valence-electron chi connectivity index (χ2n) is 12.7. The number of piperidine rings is 1. The lowest BCUT2D eigenvalue weighted by Gasteiger charge is -2.43. The van der Waals surface area contributed by atoms with E-state index in [9.17, 15) is 26.7 Å². The summed E-state index contributed by atoms with van der Waals surface area (Å²) in [6.45, 7) is -2.44. The number of benzene rings is 1. The number of rotatable bonds is 8.